The third-order valence-electron chi connectivity index (χ3n) is 4.02. The van der Waals surface area contributed by atoms with Gasteiger partial charge in [-0.3, -0.25) is 9.59 Å². The normalized spacial score (nSPS) is 17.6. The zero-order valence-electron chi connectivity index (χ0n) is 13.7. The second-order valence-electron chi connectivity index (χ2n) is 5.96. The number of rotatable bonds is 4. The van der Waals surface area contributed by atoms with Crippen LogP contribution < -0.4 is 10.6 Å². The molecule has 1 aliphatic rings. The molecule has 0 aliphatic carbocycles. The van der Waals surface area contributed by atoms with Gasteiger partial charge in [-0.25, -0.2) is 0 Å². The Morgan fingerprint density at radius 1 is 1.25 bits per heavy atom. The zero-order chi connectivity index (χ0) is 17.1. The fourth-order valence-corrected chi connectivity index (χ4v) is 3.60. The highest BCUT2D eigenvalue weighted by atomic mass is 32.2. The predicted molar refractivity (Wildman–Crippen MR) is 97.1 cm³/mol. The fourth-order valence-electron chi connectivity index (χ4n) is 2.67. The van der Waals surface area contributed by atoms with Crippen molar-refractivity contribution in [2.75, 3.05) is 5.32 Å². The van der Waals surface area contributed by atoms with Crippen LogP contribution in [0.5, 0.6) is 0 Å². The minimum Gasteiger partial charge on any atom is -0.349 e. The Balaban J connectivity index is 1.65. The van der Waals surface area contributed by atoms with E-state index in [-0.39, 0.29) is 23.1 Å². The number of amides is 2. The van der Waals surface area contributed by atoms with Crippen molar-refractivity contribution in [1.82, 2.24) is 5.32 Å². The van der Waals surface area contributed by atoms with E-state index in [0.29, 0.717) is 6.42 Å². The second-order valence-corrected chi connectivity index (χ2v) is 7.34. The number of anilines is 1. The van der Waals surface area contributed by atoms with Crippen molar-refractivity contribution in [3.63, 3.8) is 0 Å². The van der Waals surface area contributed by atoms with Crippen LogP contribution in [0.3, 0.4) is 0 Å². The Morgan fingerprint density at radius 3 is 2.75 bits per heavy atom. The molecule has 3 rings (SSSR count). The molecule has 1 heterocycles. The van der Waals surface area contributed by atoms with E-state index in [2.05, 4.69) is 10.6 Å². The molecular formula is C19H20N2O2S. The van der Waals surface area contributed by atoms with Gasteiger partial charge in [-0.05, 0) is 37.1 Å². The SMILES string of the molecule is CC1Sc2ccc(CC(=O)NC(C)c3ccccc3)cc2NC1=O. The number of benzene rings is 2. The number of hydrogen-bond donors (Lipinski definition) is 2. The number of thioether (sulfide) groups is 1. The van der Waals surface area contributed by atoms with E-state index in [1.807, 2.05) is 62.4 Å². The molecule has 124 valence electrons. The molecule has 0 aromatic heterocycles. The van der Waals surface area contributed by atoms with Crippen LogP contribution >= 0.6 is 11.8 Å². The maximum absolute atomic E-state index is 12.3. The molecule has 5 heteroatoms. The van der Waals surface area contributed by atoms with Gasteiger partial charge in [-0.15, -0.1) is 11.8 Å². The predicted octanol–water partition coefficient (Wildman–Crippen LogP) is 3.54. The lowest BCUT2D eigenvalue weighted by atomic mass is 10.1. The minimum atomic E-state index is -0.0848. The molecule has 24 heavy (non-hydrogen) atoms. The maximum atomic E-state index is 12.3. The number of nitrogens with one attached hydrogen (secondary N) is 2. The van der Waals surface area contributed by atoms with E-state index < -0.39 is 0 Å². The molecule has 0 radical (unpaired) electrons. The van der Waals surface area contributed by atoms with Crippen molar-refractivity contribution in [2.24, 2.45) is 0 Å². The molecule has 2 unspecified atom stereocenters. The van der Waals surface area contributed by atoms with Crippen molar-refractivity contribution in [3.05, 3.63) is 59.7 Å². The molecule has 2 amide bonds. The Bertz CT molecular complexity index is 761. The van der Waals surface area contributed by atoms with Gasteiger partial charge >= 0.3 is 0 Å². The molecule has 2 aromatic carbocycles. The largest absolute Gasteiger partial charge is 0.349 e. The zero-order valence-corrected chi connectivity index (χ0v) is 14.5. The van der Waals surface area contributed by atoms with E-state index in [4.69, 9.17) is 0 Å². The van der Waals surface area contributed by atoms with Crippen LogP contribution in [0.1, 0.15) is 31.0 Å². The summed E-state index contributed by atoms with van der Waals surface area (Å²) in [5.41, 5.74) is 2.76. The van der Waals surface area contributed by atoms with Crippen molar-refractivity contribution in [3.8, 4) is 0 Å². The standard InChI is InChI=1S/C19H20N2O2S/c1-12(15-6-4-3-5-7-15)20-18(22)11-14-8-9-17-16(10-14)21-19(23)13(2)24-17/h3-10,12-13H,11H2,1-2H3,(H,20,22)(H,21,23). The fraction of sp³-hybridized carbons (Fsp3) is 0.263. The first-order chi connectivity index (χ1) is 11.5. The van der Waals surface area contributed by atoms with E-state index in [1.54, 1.807) is 11.8 Å². The summed E-state index contributed by atoms with van der Waals surface area (Å²) in [6.07, 6.45) is 0.292. The van der Waals surface area contributed by atoms with Gasteiger partial charge in [0.1, 0.15) is 0 Å². The topological polar surface area (TPSA) is 58.2 Å². The lowest BCUT2D eigenvalue weighted by Crippen LogP contribution is -2.28. The van der Waals surface area contributed by atoms with Gasteiger partial charge in [0.2, 0.25) is 11.8 Å². The summed E-state index contributed by atoms with van der Waals surface area (Å²) in [5.74, 6) is -0.0266. The Kier molecular flexibility index (Phi) is 4.90. The van der Waals surface area contributed by atoms with Gasteiger partial charge in [0, 0.05) is 4.90 Å². The average molecular weight is 340 g/mol. The molecule has 2 N–H and O–H groups in total. The summed E-state index contributed by atoms with van der Waals surface area (Å²) >= 11 is 1.54. The molecular weight excluding hydrogens is 320 g/mol. The van der Waals surface area contributed by atoms with Crippen LogP contribution in [0, 0.1) is 0 Å². The first-order valence-corrected chi connectivity index (χ1v) is 8.85. The van der Waals surface area contributed by atoms with Crippen molar-refractivity contribution in [1.29, 1.82) is 0 Å². The summed E-state index contributed by atoms with van der Waals surface area (Å²) in [5, 5.41) is 5.82. The summed E-state index contributed by atoms with van der Waals surface area (Å²) in [6, 6.07) is 15.6. The number of carbonyl (C=O) groups is 2. The molecule has 0 fully saturated rings. The smallest absolute Gasteiger partial charge is 0.237 e. The van der Waals surface area contributed by atoms with Crippen LogP contribution in [-0.4, -0.2) is 17.1 Å². The average Bonchev–Trinajstić information content (AvgIpc) is 2.57. The summed E-state index contributed by atoms with van der Waals surface area (Å²) in [4.78, 5) is 25.1. The van der Waals surface area contributed by atoms with Crippen molar-refractivity contribution < 1.29 is 9.59 Å². The maximum Gasteiger partial charge on any atom is 0.237 e. The quantitative estimate of drug-likeness (QED) is 0.895. The van der Waals surface area contributed by atoms with Crippen LogP contribution in [0.4, 0.5) is 5.69 Å². The first-order valence-electron chi connectivity index (χ1n) is 7.97. The van der Waals surface area contributed by atoms with Crippen LogP contribution in [0.2, 0.25) is 0 Å². The van der Waals surface area contributed by atoms with Gasteiger partial charge in [0.05, 0.1) is 23.4 Å². The van der Waals surface area contributed by atoms with Gasteiger partial charge in [-0.2, -0.15) is 0 Å². The van der Waals surface area contributed by atoms with E-state index in [9.17, 15) is 9.59 Å². The lowest BCUT2D eigenvalue weighted by molar-refractivity contribution is -0.121. The van der Waals surface area contributed by atoms with Crippen LogP contribution in [0.15, 0.2) is 53.4 Å². The number of fused-ring (bicyclic) bond motifs is 1. The number of hydrogen-bond acceptors (Lipinski definition) is 3. The second kappa shape index (κ2) is 7.09. The third kappa shape index (κ3) is 3.79. The molecule has 0 bridgehead atoms. The summed E-state index contributed by atoms with van der Waals surface area (Å²) in [7, 11) is 0. The molecule has 0 saturated carbocycles. The third-order valence-corrected chi connectivity index (χ3v) is 5.19. The van der Waals surface area contributed by atoms with Gasteiger partial charge in [0.15, 0.2) is 0 Å². The highest BCUT2D eigenvalue weighted by Crippen LogP contribution is 2.36. The first kappa shape index (κ1) is 16.6. The molecule has 1 aliphatic heterocycles. The van der Waals surface area contributed by atoms with Gasteiger partial charge < -0.3 is 10.6 Å². The molecule has 2 atom stereocenters. The molecule has 0 spiro atoms. The van der Waals surface area contributed by atoms with E-state index in [1.165, 1.54) is 0 Å². The minimum absolute atomic E-state index is 0.00630. The van der Waals surface area contributed by atoms with Crippen molar-refractivity contribution in [2.45, 2.75) is 36.5 Å². The molecule has 4 nitrogen and oxygen atoms in total. The van der Waals surface area contributed by atoms with Crippen LogP contribution in [0.25, 0.3) is 0 Å². The summed E-state index contributed by atoms with van der Waals surface area (Å²) < 4.78 is 0. The highest BCUT2D eigenvalue weighted by Gasteiger charge is 2.23. The van der Waals surface area contributed by atoms with Gasteiger partial charge in [0.25, 0.3) is 0 Å². The Labute approximate surface area is 146 Å². The van der Waals surface area contributed by atoms with Crippen molar-refractivity contribution >= 4 is 29.3 Å². The van der Waals surface area contributed by atoms with Crippen LogP contribution in [-0.2, 0) is 16.0 Å². The molecule has 2 aromatic rings. The van der Waals surface area contributed by atoms with Gasteiger partial charge in [-0.1, -0.05) is 36.4 Å². The Morgan fingerprint density at radius 2 is 2.00 bits per heavy atom. The highest BCUT2D eigenvalue weighted by molar-refractivity contribution is 8.00. The van der Waals surface area contributed by atoms with E-state index >= 15 is 0 Å². The number of carbonyl (C=O) groups excluding carboxylic acids is 2. The monoisotopic (exact) mass is 340 g/mol. The molecule has 0 saturated heterocycles. The lowest BCUT2D eigenvalue weighted by Gasteiger charge is -2.22. The Hall–Kier alpha value is -2.27. The summed E-state index contributed by atoms with van der Waals surface area (Å²) in [6.45, 7) is 3.85. The van der Waals surface area contributed by atoms with E-state index in [0.717, 1.165) is 21.7 Å².